The van der Waals surface area contributed by atoms with Gasteiger partial charge in [-0.05, 0) is 45.3 Å². The van der Waals surface area contributed by atoms with Crippen LogP contribution in [0.2, 0.25) is 0 Å². The number of hydrogen-bond acceptors (Lipinski definition) is 3. The van der Waals surface area contributed by atoms with Crippen molar-refractivity contribution in [2.75, 3.05) is 11.9 Å². The van der Waals surface area contributed by atoms with Crippen LogP contribution in [-0.2, 0) is 11.2 Å². The third-order valence-electron chi connectivity index (χ3n) is 3.36. The van der Waals surface area contributed by atoms with Crippen molar-refractivity contribution in [2.24, 2.45) is 0 Å². The summed E-state index contributed by atoms with van der Waals surface area (Å²) in [6.45, 7) is 0. The maximum absolute atomic E-state index is 11.6. The average Bonchev–Trinajstić information content (AvgIpc) is 2.94. The number of aliphatic hydroxyl groups is 1. The molecular formula is C14H12BrNO3. The molecule has 1 aromatic carbocycles. The molecular weight excluding hydrogens is 310 g/mol. The number of halogens is 1. The van der Waals surface area contributed by atoms with Crippen molar-refractivity contribution in [1.82, 2.24) is 0 Å². The number of furan rings is 1. The van der Waals surface area contributed by atoms with E-state index in [9.17, 15) is 9.90 Å². The van der Waals surface area contributed by atoms with Gasteiger partial charge in [0.25, 0.3) is 0 Å². The van der Waals surface area contributed by atoms with Gasteiger partial charge in [-0.15, -0.1) is 0 Å². The van der Waals surface area contributed by atoms with Crippen LogP contribution in [0.25, 0.3) is 0 Å². The molecule has 0 radical (unpaired) electrons. The first-order valence-electron chi connectivity index (χ1n) is 5.89. The lowest BCUT2D eigenvalue weighted by atomic mass is 10.0. The number of likely N-dealkylation sites (N-methyl/N-ethyl adjacent to an activating group) is 1. The number of amides is 1. The molecule has 0 spiro atoms. The molecule has 1 unspecified atom stereocenters. The van der Waals surface area contributed by atoms with E-state index >= 15 is 0 Å². The molecule has 98 valence electrons. The fraction of sp³-hybridized carbons (Fsp3) is 0.214. The minimum absolute atomic E-state index is 0.0717. The van der Waals surface area contributed by atoms with Gasteiger partial charge < -0.3 is 14.4 Å². The molecule has 19 heavy (non-hydrogen) atoms. The zero-order valence-electron chi connectivity index (χ0n) is 10.3. The Hall–Kier alpha value is -1.59. The minimum Gasteiger partial charge on any atom is -0.451 e. The highest BCUT2D eigenvalue weighted by atomic mass is 79.9. The van der Waals surface area contributed by atoms with Gasteiger partial charge in [0.2, 0.25) is 5.91 Å². The summed E-state index contributed by atoms with van der Waals surface area (Å²) in [4.78, 5) is 13.3. The summed E-state index contributed by atoms with van der Waals surface area (Å²) < 4.78 is 5.93. The van der Waals surface area contributed by atoms with E-state index < -0.39 is 6.10 Å². The van der Waals surface area contributed by atoms with Crippen molar-refractivity contribution in [3.8, 4) is 0 Å². The molecule has 0 fully saturated rings. The Balaban J connectivity index is 1.95. The topological polar surface area (TPSA) is 53.7 Å². The van der Waals surface area contributed by atoms with Gasteiger partial charge in [-0.25, -0.2) is 0 Å². The Kier molecular flexibility index (Phi) is 2.95. The Labute approximate surface area is 118 Å². The van der Waals surface area contributed by atoms with Gasteiger partial charge in [-0.1, -0.05) is 12.1 Å². The van der Waals surface area contributed by atoms with Crippen LogP contribution in [0.4, 0.5) is 5.69 Å². The fourth-order valence-corrected chi connectivity index (χ4v) is 2.62. The zero-order valence-corrected chi connectivity index (χ0v) is 11.8. The molecule has 3 rings (SSSR count). The number of anilines is 1. The van der Waals surface area contributed by atoms with E-state index in [-0.39, 0.29) is 5.91 Å². The Morgan fingerprint density at radius 3 is 2.84 bits per heavy atom. The molecule has 0 bridgehead atoms. The van der Waals surface area contributed by atoms with Gasteiger partial charge in [0, 0.05) is 12.7 Å². The van der Waals surface area contributed by atoms with Crippen LogP contribution in [0.5, 0.6) is 0 Å². The quantitative estimate of drug-likeness (QED) is 0.925. The highest BCUT2D eigenvalue weighted by molar-refractivity contribution is 9.10. The van der Waals surface area contributed by atoms with Gasteiger partial charge in [0.15, 0.2) is 4.67 Å². The normalized spacial score (nSPS) is 15.7. The maximum Gasteiger partial charge on any atom is 0.231 e. The first-order chi connectivity index (χ1) is 9.06. The van der Waals surface area contributed by atoms with E-state index in [1.54, 1.807) is 24.1 Å². The lowest BCUT2D eigenvalue weighted by molar-refractivity contribution is -0.117. The maximum atomic E-state index is 11.6. The van der Waals surface area contributed by atoms with E-state index in [2.05, 4.69) is 15.9 Å². The van der Waals surface area contributed by atoms with Gasteiger partial charge in [0.1, 0.15) is 11.9 Å². The number of hydrogen-bond donors (Lipinski definition) is 1. The van der Waals surface area contributed by atoms with Crippen LogP contribution >= 0.6 is 15.9 Å². The molecule has 1 aromatic heterocycles. The summed E-state index contributed by atoms with van der Waals surface area (Å²) in [5.41, 5.74) is 2.57. The van der Waals surface area contributed by atoms with E-state index in [0.29, 0.717) is 16.9 Å². The van der Waals surface area contributed by atoms with Gasteiger partial charge in [-0.2, -0.15) is 0 Å². The van der Waals surface area contributed by atoms with Crippen molar-refractivity contribution >= 4 is 27.5 Å². The van der Waals surface area contributed by atoms with Gasteiger partial charge in [-0.3, -0.25) is 4.79 Å². The second kappa shape index (κ2) is 4.51. The summed E-state index contributed by atoms with van der Waals surface area (Å²) in [5, 5.41) is 10.3. The molecule has 1 aliphatic rings. The Morgan fingerprint density at radius 2 is 2.16 bits per heavy atom. The summed E-state index contributed by atoms with van der Waals surface area (Å²) in [6.07, 6.45) is -0.438. The van der Waals surface area contributed by atoms with Crippen LogP contribution in [-0.4, -0.2) is 18.1 Å². The summed E-state index contributed by atoms with van der Waals surface area (Å²) in [6, 6.07) is 8.99. The number of rotatable bonds is 2. The predicted molar refractivity (Wildman–Crippen MR) is 74.0 cm³/mol. The summed E-state index contributed by atoms with van der Waals surface area (Å²) in [5.74, 6) is 0.548. The molecule has 4 nitrogen and oxygen atoms in total. The van der Waals surface area contributed by atoms with Crippen LogP contribution in [0.15, 0.2) is 39.4 Å². The zero-order chi connectivity index (χ0) is 13.6. The first kappa shape index (κ1) is 12.4. The Morgan fingerprint density at radius 1 is 1.37 bits per heavy atom. The largest absolute Gasteiger partial charge is 0.451 e. The van der Waals surface area contributed by atoms with Crippen LogP contribution in [0, 0.1) is 0 Å². The van der Waals surface area contributed by atoms with Crippen molar-refractivity contribution in [3.63, 3.8) is 0 Å². The molecule has 2 aromatic rings. The van der Waals surface area contributed by atoms with Gasteiger partial charge in [0.05, 0.1) is 6.42 Å². The van der Waals surface area contributed by atoms with Crippen molar-refractivity contribution in [3.05, 3.63) is 51.9 Å². The van der Waals surface area contributed by atoms with Crippen molar-refractivity contribution < 1.29 is 14.3 Å². The molecule has 1 N–H and O–H groups in total. The summed E-state index contributed by atoms with van der Waals surface area (Å²) in [7, 11) is 1.76. The van der Waals surface area contributed by atoms with E-state index in [0.717, 1.165) is 16.8 Å². The number of carbonyl (C=O) groups excluding carboxylic acids is 1. The lowest BCUT2D eigenvalue weighted by Gasteiger charge is -2.12. The molecule has 2 heterocycles. The number of carbonyl (C=O) groups is 1. The fourth-order valence-electron chi connectivity index (χ4n) is 2.30. The van der Waals surface area contributed by atoms with Crippen molar-refractivity contribution in [2.45, 2.75) is 12.5 Å². The van der Waals surface area contributed by atoms with Crippen LogP contribution in [0.1, 0.15) is 23.0 Å². The Bertz CT molecular complexity index is 650. The molecule has 1 amide bonds. The number of benzene rings is 1. The van der Waals surface area contributed by atoms with Crippen molar-refractivity contribution in [1.29, 1.82) is 0 Å². The average molecular weight is 322 g/mol. The molecule has 5 heteroatoms. The van der Waals surface area contributed by atoms with Crippen LogP contribution in [0.3, 0.4) is 0 Å². The first-order valence-corrected chi connectivity index (χ1v) is 6.68. The lowest BCUT2D eigenvalue weighted by Crippen LogP contribution is -2.20. The molecule has 1 atom stereocenters. The molecule has 1 aliphatic heterocycles. The molecule has 0 aliphatic carbocycles. The predicted octanol–water partition coefficient (Wildman–Crippen LogP) is 2.64. The smallest absolute Gasteiger partial charge is 0.231 e. The van der Waals surface area contributed by atoms with E-state index in [1.807, 2.05) is 18.2 Å². The number of fused-ring (bicyclic) bond motifs is 1. The standard InChI is InChI=1S/C14H12BrNO3/c1-16-10-3-2-8(6-9(10)7-13(16)17)14(18)11-4-5-12(15)19-11/h2-6,14,18H,7H2,1H3. The monoisotopic (exact) mass is 321 g/mol. The van der Waals surface area contributed by atoms with Crippen LogP contribution < -0.4 is 4.90 Å². The van der Waals surface area contributed by atoms with Gasteiger partial charge >= 0.3 is 0 Å². The number of nitrogens with zero attached hydrogens (tertiary/aromatic N) is 1. The highest BCUT2D eigenvalue weighted by Crippen LogP contribution is 2.32. The third-order valence-corrected chi connectivity index (χ3v) is 3.79. The highest BCUT2D eigenvalue weighted by Gasteiger charge is 2.25. The van der Waals surface area contributed by atoms with E-state index in [1.165, 1.54) is 0 Å². The SMILES string of the molecule is CN1C(=O)Cc2cc(C(O)c3ccc(Br)o3)ccc21. The minimum atomic E-state index is -0.822. The third kappa shape index (κ3) is 2.09. The molecule has 0 saturated carbocycles. The van der Waals surface area contributed by atoms with E-state index in [4.69, 9.17) is 4.42 Å². The molecule has 0 saturated heterocycles. The second-order valence-electron chi connectivity index (χ2n) is 4.56. The number of aliphatic hydroxyl groups excluding tert-OH is 1. The summed E-state index contributed by atoms with van der Waals surface area (Å²) >= 11 is 3.21. The second-order valence-corrected chi connectivity index (χ2v) is 5.34.